The second kappa shape index (κ2) is 14.7. The van der Waals surface area contributed by atoms with Crippen LogP contribution in [0.4, 0.5) is 11.4 Å². The molecule has 42 heavy (non-hydrogen) atoms. The van der Waals surface area contributed by atoms with Gasteiger partial charge in [0.2, 0.25) is 0 Å². The lowest BCUT2D eigenvalue weighted by atomic mass is 9.75. The number of hydrogen-bond acceptors (Lipinski definition) is 5. The van der Waals surface area contributed by atoms with Gasteiger partial charge >= 0.3 is 0 Å². The molecule has 5 rings (SSSR count). The summed E-state index contributed by atoms with van der Waals surface area (Å²) < 4.78 is 18.1. The minimum Gasteiger partial charge on any atom is -0.497 e. The van der Waals surface area contributed by atoms with E-state index in [4.69, 9.17) is 37.4 Å². The average Bonchev–Trinajstić information content (AvgIpc) is 3.42. The molecule has 0 amide bonds. The molecule has 1 fully saturated rings. The maximum absolute atomic E-state index is 7.09. The highest BCUT2D eigenvalue weighted by Gasteiger charge is 2.47. The Labute approximate surface area is 260 Å². The van der Waals surface area contributed by atoms with Gasteiger partial charge in [0.1, 0.15) is 11.5 Å². The van der Waals surface area contributed by atoms with E-state index in [1.54, 1.807) is 14.2 Å². The van der Waals surface area contributed by atoms with E-state index in [1.807, 2.05) is 24.3 Å². The molecule has 4 aromatic carbocycles. The van der Waals surface area contributed by atoms with Crippen LogP contribution < -0.4 is 19.3 Å². The molecule has 222 valence electrons. The molecule has 0 saturated carbocycles. The molecule has 1 heterocycles. The number of methoxy groups -OCH3 is 2. The quantitative estimate of drug-likeness (QED) is 0.187. The molecule has 0 bridgehead atoms. The van der Waals surface area contributed by atoms with Gasteiger partial charge in [-0.1, -0.05) is 48.5 Å². The van der Waals surface area contributed by atoms with Crippen molar-refractivity contribution in [3.05, 3.63) is 119 Å². The van der Waals surface area contributed by atoms with Crippen molar-refractivity contribution in [2.24, 2.45) is 0 Å². The van der Waals surface area contributed by atoms with E-state index in [2.05, 4.69) is 111 Å². The van der Waals surface area contributed by atoms with Gasteiger partial charge in [-0.15, -0.1) is 23.2 Å². The number of hydrogen-bond donors (Lipinski definition) is 0. The molecule has 4 atom stereocenters. The van der Waals surface area contributed by atoms with Crippen LogP contribution in [-0.4, -0.2) is 47.7 Å². The smallest absolute Gasteiger partial charge is 0.118 e. The maximum Gasteiger partial charge on any atom is 0.118 e. The fourth-order valence-electron chi connectivity index (χ4n) is 5.62. The van der Waals surface area contributed by atoms with E-state index in [0.717, 1.165) is 11.5 Å². The molecular weight excluding hydrogens is 567 g/mol. The minimum absolute atomic E-state index is 0.0908. The van der Waals surface area contributed by atoms with Crippen LogP contribution in [-0.2, 0) is 4.74 Å². The summed E-state index contributed by atoms with van der Waals surface area (Å²) in [6.45, 7) is 0. The van der Waals surface area contributed by atoms with E-state index in [9.17, 15) is 0 Å². The summed E-state index contributed by atoms with van der Waals surface area (Å²) in [6, 6.07) is 34.4. The van der Waals surface area contributed by atoms with Crippen molar-refractivity contribution in [1.82, 2.24) is 0 Å². The largest absolute Gasteiger partial charge is 0.497 e. The number of nitrogens with zero attached hydrogens (tertiary/aromatic N) is 2. The molecular formula is C35H40Cl2N2O3. The molecule has 0 radical (unpaired) electrons. The third-order valence-electron chi connectivity index (χ3n) is 7.81. The molecule has 4 aromatic rings. The lowest BCUT2D eigenvalue weighted by molar-refractivity contribution is 0.0367. The van der Waals surface area contributed by atoms with Crippen LogP contribution in [0.3, 0.4) is 0 Å². The van der Waals surface area contributed by atoms with Gasteiger partial charge in [0.25, 0.3) is 0 Å². The third kappa shape index (κ3) is 7.15. The van der Waals surface area contributed by atoms with Gasteiger partial charge in [0.05, 0.1) is 31.8 Å². The predicted molar refractivity (Wildman–Crippen MR) is 176 cm³/mol. The highest BCUT2D eigenvalue weighted by atomic mass is 35.5. The van der Waals surface area contributed by atoms with Crippen molar-refractivity contribution in [3.8, 4) is 11.5 Å². The predicted octanol–water partition coefficient (Wildman–Crippen LogP) is 8.64. The molecule has 1 aliphatic rings. The van der Waals surface area contributed by atoms with Crippen LogP contribution in [0.25, 0.3) is 0 Å². The van der Waals surface area contributed by atoms with Crippen molar-refractivity contribution in [3.63, 3.8) is 0 Å². The van der Waals surface area contributed by atoms with Crippen molar-refractivity contribution >= 4 is 34.6 Å². The maximum atomic E-state index is 7.09. The molecule has 1 aliphatic heterocycles. The monoisotopic (exact) mass is 606 g/mol. The van der Waals surface area contributed by atoms with Crippen molar-refractivity contribution in [2.75, 3.05) is 57.5 Å². The first-order valence-electron chi connectivity index (χ1n) is 13.9. The second-order valence-electron chi connectivity index (χ2n) is 10.6. The first-order chi connectivity index (χ1) is 20.3. The van der Waals surface area contributed by atoms with Crippen molar-refractivity contribution in [2.45, 2.75) is 24.0 Å². The highest BCUT2D eigenvalue weighted by Crippen LogP contribution is 2.59. The Morgan fingerprint density at radius 2 is 0.810 bits per heavy atom. The Balaban J connectivity index is 0.00000129. The average molecular weight is 608 g/mol. The van der Waals surface area contributed by atoms with Gasteiger partial charge in [0, 0.05) is 51.4 Å². The minimum atomic E-state index is -0.125. The molecule has 0 unspecified atom stereocenters. The van der Waals surface area contributed by atoms with E-state index in [1.165, 1.54) is 33.6 Å². The number of anilines is 2. The molecule has 1 saturated heterocycles. The summed E-state index contributed by atoms with van der Waals surface area (Å²) in [5.41, 5.74) is 7.14. The lowest BCUT2D eigenvalue weighted by Crippen LogP contribution is -2.14. The van der Waals surface area contributed by atoms with Gasteiger partial charge in [-0.05, 0) is 70.8 Å². The van der Waals surface area contributed by atoms with Crippen LogP contribution in [0.1, 0.15) is 46.3 Å². The zero-order valence-corrected chi connectivity index (χ0v) is 26.6. The second-order valence-corrected chi connectivity index (χ2v) is 11.5. The molecule has 0 spiro atoms. The van der Waals surface area contributed by atoms with Gasteiger partial charge in [0.15, 0.2) is 0 Å². The first-order valence-corrected chi connectivity index (χ1v) is 15.0. The molecule has 5 nitrogen and oxygen atoms in total. The fourth-order valence-corrected chi connectivity index (χ4v) is 5.62. The van der Waals surface area contributed by atoms with E-state index in [-0.39, 0.29) is 29.4 Å². The highest BCUT2D eigenvalue weighted by molar-refractivity contribution is 6.40. The Morgan fingerprint density at radius 1 is 0.524 bits per heavy atom. The van der Waals surface area contributed by atoms with Crippen molar-refractivity contribution < 1.29 is 14.2 Å². The number of ether oxygens (including phenoxy) is 3. The van der Waals surface area contributed by atoms with E-state index in [0.29, 0.717) is 0 Å². The SMILES string of the molecule is COc1ccc([C@H]2[C@H](c3ccc(OC)cc3)[C@H](c3ccc(N(C)C)cc3)O[C@@H]2c2ccc(N(C)C)cc2)cc1.ClCCl. The number of halogens is 2. The Kier molecular flexibility index (Phi) is 11.0. The Bertz CT molecular complexity index is 1270. The molecule has 0 aliphatic carbocycles. The van der Waals surface area contributed by atoms with Crippen LogP contribution in [0.5, 0.6) is 11.5 Å². The zero-order chi connectivity index (χ0) is 30.2. The number of rotatable bonds is 8. The molecule has 0 N–H and O–H groups in total. The summed E-state index contributed by atoms with van der Waals surface area (Å²) >= 11 is 9.53. The van der Waals surface area contributed by atoms with E-state index < -0.39 is 0 Å². The van der Waals surface area contributed by atoms with Gasteiger partial charge < -0.3 is 24.0 Å². The van der Waals surface area contributed by atoms with Crippen LogP contribution in [0.2, 0.25) is 0 Å². The van der Waals surface area contributed by atoms with Crippen molar-refractivity contribution in [1.29, 1.82) is 0 Å². The van der Waals surface area contributed by atoms with Crippen LogP contribution >= 0.6 is 23.2 Å². The third-order valence-corrected chi connectivity index (χ3v) is 7.81. The molecule has 0 aromatic heterocycles. The van der Waals surface area contributed by atoms with Crippen LogP contribution in [0.15, 0.2) is 97.1 Å². The normalized spacial score (nSPS) is 19.4. The Hall–Kier alpha value is -3.38. The zero-order valence-electron chi connectivity index (χ0n) is 25.1. The lowest BCUT2D eigenvalue weighted by Gasteiger charge is -2.26. The summed E-state index contributed by atoms with van der Waals surface area (Å²) in [5.74, 6) is 1.88. The topological polar surface area (TPSA) is 34.2 Å². The van der Waals surface area contributed by atoms with Crippen LogP contribution in [0, 0.1) is 0 Å². The number of alkyl halides is 2. The summed E-state index contributed by atoms with van der Waals surface area (Å²) in [7, 11) is 11.7. The van der Waals surface area contributed by atoms with Gasteiger partial charge in [-0.25, -0.2) is 0 Å². The fraction of sp³-hybridized carbons (Fsp3) is 0.314. The van der Waals surface area contributed by atoms with Gasteiger partial charge in [-0.3, -0.25) is 0 Å². The first kappa shape index (κ1) is 31.6. The standard InChI is InChI=1S/C34H38N2O3.CH2Cl2/c1-35(2)27-15-7-25(8-16-27)33-31(23-11-19-29(37-5)20-12-23)32(24-13-21-30(38-6)22-14-24)34(39-33)26-9-17-28(18-10-26)36(3)4;2-1-3/h7-22,31-34H,1-6H3;1H2/t31-,32-,33-,34+;/m0./s1. The summed E-state index contributed by atoms with van der Waals surface area (Å²) in [5, 5.41) is 0.194. The number of benzene rings is 4. The summed E-state index contributed by atoms with van der Waals surface area (Å²) in [4.78, 5) is 4.24. The van der Waals surface area contributed by atoms with E-state index >= 15 is 0 Å². The molecule has 7 heteroatoms. The Morgan fingerprint density at radius 3 is 1.07 bits per heavy atom. The summed E-state index contributed by atoms with van der Waals surface area (Å²) in [6.07, 6.45) is -0.250. The van der Waals surface area contributed by atoms with Gasteiger partial charge in [-0.2, -0.15) is 0 Å².